The first-order chi connectivity index (χ1) is 19.5. The summed E-state index contributed by atoms with van der Waals surface area (Å²) < 4.78 is 42.6. The van der Waals surface area contributed by atoms with Crippen LogP contribution < -0.4 is 10.6 Å². The van der Waals surface area contributed by atoms with E-state index >= 15 is 0 Å². The number of carboxylic acid groups (broad SMARTS) is 1. The second-order valence-electron chi connectivity index (χ2n) is 9.50. The van der Waals surface area contributed by atoms with Crippen molar-refractivity contribution in [2.24, 2.45) is 0 Å². The maximum atomic E-state index is 13.9. The van der Waals surface area contributed by atoms with E-state index in [1.165, 1.54) is 0 Å². The van der Waals surface area contributed by atoms with Crippen LogP contribution in [0, 0.1) is 12.7 Å². The Hall–Kier alpha value is -3.81. The number of halogens is 2. The number of hydrogen-bond donors (Lipinski definition) is 3. The molecule has 41 heavy (non-hydrogen) atoms. The molecule has 0 saturated carbocycles. The molecule has 0 bridgehead atoms. The number of nitrogens with zero attached hydrogens (tertiary/aromatic N) is 2. The molecule has 3 amide bonds. The zero-order chi connectivity index (χ0) is 29.7. The lowest BCUT2D eigenvalue weighted by atomic mass is 10.0. The number of anilines is 1. The Bertz CT molecular complexity index is 1550. The summed E-state index contributed by atoms with van der Waals surface area (Å²) in [7, 11) is -4.39. The van der Waals surface area contributed by atoms with Gasteiger partial charge in [-0.15, -0.1) is 0 Å². The largest absolute Gasteiger partial charge is 0.481 e. The molecule has 1 aliphatic rings. The summed E-state index contributed by atoms with van der Waals surface area (Å²) in [6.07, 6.45) is -1.92. The van der Waals surface area contributed by atoms with Gasteiger partial charge in [0.05, 0.1) is 17.4 Å². The van der Waals surface area contributed by atoms with Crippen molar-refractivity contribution < 1.29 is 32.3 Å². The number of nitrogens with one attached hydrogen (secondary N) is 2. The lowest BCUT2D eigenvalue weighted by Gasteiger charge is -2.42. The number of carbonyl (C=O) groups excluding carboxylic acids is 2. The Kier molecular flexibility index (Phi) is 9.41. The van der Waals surface area contributed by atoms with Gasteiger partial charge in [0, 0.05) is 23.2 Å². The molecule has 13 heteroatoms. The van der Waals surface area contributed by atoms with Gasteiger partial charge in [-0.3, -0.25) is 14.5 Å². The van der Waals surface area contributed by atoms with Crippen LogP contribution in [0.1, 0.15) is 30.0 Å². The van der Waals surface area contributed by atoms with Crippen LogP contribution in [0.4, 0.5) is 14.9 Å². The molecular formula is C28H28BrFN4O6S. The van der Waals surface area contributed by atoms with Crippen molar-refractivity contribution in [1.29, 1.82) is 0 Å². The van der Waals surface area contributed by atoms with E-state index in [1.54, 1.807) is 42.5 Å². The second kappa shape index (κ2) is 12.8. The van der Waals surface area contributed by atoms with Crippen LogP contribution in [-0.2, 0) is 19.6 Å². The number of sulfonamides is 1. The van der Waals surface area contributed by atoms with Gasteiger partial charge in [-0.05, 0) is 61.4 Å². The van der Waals surface area contributed by atoms with E-state index in [1.807, 2.05) is 13.0 Å². The Balaban J connectivity index is 1.73. The number of aliphatic carboxylic acids is 1. The SMILES string of the molecule is Cc1cccc(C(CC(=O)O)NC(=O)C2N(C(=O)Nc3cccc(Br)c3)CCCN2S(=O)(=O)c2ccc(F)cc2)c1. The predicted molar refractivity (Wildman–Crippen MR) is 153 cm³/mol. The van der Waals surface area contributed by atoms with E-state index in [9.17, 15) is 32.3 Å². The predicted octanol–water partition coefficient (Wildman–Crippen LogP) is 4.48. The average Bonchev–Trinajstić information content (AvgIpc) is 2.92. The van der Waals surface area contributed by atoms with Gasteiger partial charge in [0.25, 0.3) is 5.91 Å². The second-order valence-corrected chi connectivity index (χ2v) is 12.3. The van der Waals surface area contributed by atoms with Crippen molar-refractivity contribution in [3.05, 3.63) is 94.2 Å². The highest BCUT2D eigenvalue weighted by atomic mass is 79.9. The number of urea groups is 1. The first-order valence-corrected chi connectivity index (χ1v) is 14.9. The highest BCUT2D eigenvalue weighted by molar-refractivity contribution is 9.10. The lowest BCUT2D eigenvalue weighted by Crippen LogP contribution is -2.64. The van der Waals surface area contributed by atoms with Gasteiger partial charge in [0.1, 0.15) is 5.82 Å². The summed E-state index contributed by atoms with van der Waals surface area (Å²) in [6.45, 7) is 1.75. The fraction of sp³-hybridized carbons (Fsp3) is 0.250. The third-order valence-electron chi connectivity index (χ3n) is 6.48. The molecule has 1 aliphatic heterocycles. The summed E-state index contributed by atoms with van der Waals surface area (Å²) in [5, 5.41) is 14.9. The maximum absolute atomic E-state index is 13.9. The number of hydrogen-bond acceptors (Lipinski definition) is 5. The van der Waals surface area contributed by atoms with E-state index in [0.29, 0.717) is 15.7 Å². The molecule has 3 N–H and O–H groups in total. The molecule has 216 valence electrons. The molecule has 2 atom stereocenters. The van der Waals surface area contributed by atoms with Gasteiger partial charge in [-0.25, -0.2) is 17.6 Å². The van der Waals surface area contributed by atoms with Crippen LogP contribution in [-0.4, -0.2) is 59.9 Å². The Labute approximate surface area is 245 Å². The Morgan fingerprint density at radius 2 is 1.76 bits per heavy atom. The maximum Gasteiger partial charge on any atom is 0.323 e. The summed E-state index contributed by atoms with van der Waals surface area (Å²) in [4.78, 5) is 39.9. The summed E-state index contributed by atoms with van der Waals surface area (Å²) >= 11 is 3.33. The van der Waals surface area contributed by atoms with Crippen molar-refractivity contribution in [1.82, 2.24) is 14.5 Å². The van der Waals surface area contributed by atoms with Crippen LogP contribution in [0.2, 0.25) is 0 Å². The Morgan fingerprint density at radius 3 is 2.41 bits per heavy atom. The number of amides is 3. The number of benzene rings is 3. The summed E-state index contributed by atoms with van der Waals surface area (Å²) in [5.41, 5.74) is 1.75. The molecule has 0 aliphatic carbocycles. The normalized spacial score (nSPS) is 16.6. The first-order valence-electron chi connectivity index (χ1n) is 12.6. The average molecular weight is 648 g/mol. The fourth-order valence-electron chi connectivity index (χ4n) is 4.60. The van der Waals surface area contributed by atoms with Gasteiger partial charge in [0.15, 0.2) is 6.17 Å². The van der Waals surface area contributed by atoms with E-state index in [0.717, 1.165) is 39.0 Å². The number of carbonyl (C=O) groups is 3. The minimum absolute atomic E-state index is 0.0431. The van der Waals surface area contributed by atoms with Crippen molar-refractivity contribution >= 4 is 49.5 Å². The van der Waals surface area contributed by atoms with Gasteiger partial charge in [-0.1, -0.05) is 51.8 Å². The standard InChI is InChI=1S/C28H28BrFN4O6S/c1-18-5-2-6-19(15-18)24(17-25(35)36)32-26(37)27-33(28(38)31-22-8-3-7-20(29)16-22)13-4-14-34(27)41(39,40)23-11-9-21(30)10-12-23/h2-3,5-12,15-16,24,27H,4,13-14,17H2,1H3,(H,31,38)(H,32,37)(H,35,36). The zero-order valence-corrected chi connectivity index (χ0v) is 24.4. The van der Waals surface area contributed by atoms with Crippen molar-refractivity contribution in [2.75, 3.05) is 18.4 Å². The molecule has 1 fully saturated rings. The van der Waals surface area contributed by atoms with Gasteiger partial charge < -0.3 is 15.7 Å². The molecule has 3 aromatic rings. The smallest absolute Gasteiger partial charge is 0.323 e. The Morgan fingerprint density at radius 1 is 1.05 bits per heavy atom. The van der Waals surface area contributed by atoms with Crippen molar-refractivity contribution in [3.63, 3.8) is 0 Å². The van der Waals surface area contributed by atoms with Crippen molar-refractivity contribution in [3.8, 4) is 0 Å². The highest BCUT2D eigenvalue weighted by Crippen LogP contribution is 2.27. The van der Waals surface area contributed by atoms with E-state index in [-0.39, 0.29) is 24.4 Å². The molecule has 4 rings (SSSR count). The molecule has 3 aromatic carbocycles. The van der Waals surface area contributed by atoms with Crippen LogP contribution in [0.5, 0.6) is 0 Å². The van der Waals surface area contributed by atoms with Crippen LogP contribution in [0.25, 0.3) is 0 Å². The van der Waals surface area contributed by atoms with Crippen LogP contribution in [0.15, 0.2) is 82.2 Å². The van der Waals surface area contributed by atoms with E-state index in [2.05, 4.69) is 26.6 Å². The minimum Gasteiger partial charge on any atom is -0.481 e. The topological polar surface area (TPSA) is 136 Å². The molecule has 0 radical (unpaired) electrons. The lowest BCUT2D eigenvalue weighted by molar-refractivity contribution is -0.138. The minimum atomic E-state index is -4.39. The van der Waals surface area contributed by atoms with Gasteiger partial charge >= 0.3 is 12.0 Å². The number of aryl methyl sites for hydroxylation is 1. The number of carboxylic acids is 1. The molecular weight excluding hydrogens is 619 g/mol. The molecule has 2 unspecified atom stereocenters. The molecule has 10 nitrogen and oxygen atoms in total. The van der Waals surface area contributed by atoms with Crippen LogP contribution in [0.3, 0.4) is 0 Å². The molecule has 1 saturated heterocycles. The highest BCUT2D eigenvalue weighted by Gasteiger charge is 2.45. The zero-order valence-electron chi connectivity index (χ0n) is 22.0. The first kappa shape index (κ1) is 30.2. The molecule has 0 aromatic heterocycles. The summed E-state index contributed by atoms with van der Waals surface area (Å²) in [5.74, 6) is -2.70. The quantitative estimate of drug-likeness (QED) is 0.330. The molecule has 0 spiro atoms. The fourth-order valence-corrected chi connectivity index (χ4v) is 6.59. The summed E-state index contributed by atoms with van der Waals surface area (Å²) in [6, 6.07) is 16.1. The third kappa shape index (κ3) is 7.29. The van der Waals surface area contributed by atoms with Crippen LogP contribution >= 0.6 is 15.9 Å². The van der Waals surface area contributed by atoms with Crippen molar-refractivity contribution in [2.45, 2.75) is 36.9 Å². The monoisotopic (exact) mass is 646 g/mol. The third-order valence-corrected chi connectivity index (χ3v) is 8.84. The number of rotatable bonds is 8. The van der Waals surface area contributed by atoms with Gasteiger partial charge in [0.2, 0.25) is 10.0 Å². The van der Waals surface area contributed by atoms with Gasteiger partial charge in [-0.2, -0.15) is 4.31 Å². The van der Waals surface area contributed by atoms with E-state index in [4.69, 9.17) is 0 Å². The molecule has 1 heterocycles. The van der Waals surface area contributed by atoms with E-state index < -0.39 is 52.4 Å².